The molecule has 0 radical (unpaired) electrons. The summed E-state index contributed by atoms with van der Waals surface area (Å²) in [5, 5.41) is 2.90. The van der Waals surface area contributed by atoms with Crippen molar-refractivity contribution in [2.75, 3.05) is 25.0 Å². The fourth-order valence-electron chi connectivity index (χ4n) is 1.69. The predicted molar refractivity (Wildman–Crippen MR) is 92.0 cm³/mol. The largest absolute Gasteiger partial charge is 0.411 e. The van der Waals surface area contributed by atoms with Crippen LogP contribution < -0.4 is 10.2 Å². The molecule has 108 valence electrons. The highest BCUT2D eigenvalue weighted by Crippen LogP contribution is 2.09. The van der Waals surface area contributed by atoms with Crippen LogP contribution in [-0.4, -0.2) is 24.0 Å². The Hall–Kier alpha value is -0.710. The number of anilines is 1. The summed E-state index contributed by atoms with van der Waals surface area (Å²) >= 11 is 9.48. The van der Waals surface area contributed by atoms with Gasteiger partial charge in [0, 0.05) is 5.69 Å². The molecule has 1 aromatic carbocycles. The predicted octanol–water partition coefficient (Wildman–Crippen LogP) is 2.42. The van der Waals surface area contributed by atoms with Gasteiger partial charge in [0.05, 0.1) is 19.6 Å². The van der Waals surface area contributed by atoms with Crippen molar-refractivity contribution in [1.82, 2.24) is 0 Å². The van der Waals surface area contributed by atoms with E-state index in [4.69, 9.17) is 24.8 Å². The van der Waals surface area contributed by atoms with Crippen LogP contribution in [0, 0.1) is 0 Å². The summed E-state index contributed by atoms with van der Waals surface area (Å²) in [6, 6.07) is 8.10. The number of hydrogen-bond acceptors (Lipinski definition) is 2. The van der Waals surface area contributed by atoms with Crippen LogP contribution in [0.2, 0.25) is 0 Å². The molecule has 4 heteroatoms. The van der Waals surface area contributed by atoms with Crippen LogP contribution in [0.3, 0.4) is 0 Å². The Morgan fingerprint density at radius 3 is 1.79 bits per heavy atom. The van der Waals surface area contributed by atoms with Crippen LogP contribution >= 0.6 is 12.2 Å². The van der Waals surface area contributed by atoms with Crippen molar-refractivity contribution < 1.29 is 4.90 Å². The van der Waals surface area contributed by atoms with Crippen LogP contribution in [0.1, 0.15) is 33.3 Å². The lowest BCUT2D eigenvalue weighted by atomic mass is 10.1. The van der Waals surface area contributed by atoms with E-state index in [-0.39, 0.29) is 0 Å². The summed E-state index contributed by atoms with van der Waals surface area (Å²) in [4.78, 5) is 1.68. The highest BCUT2D eigenvalue weighted by Gasteiger charge is 1.93. The zero-order valence-electron chi connectivity index (χ0n) is 12.5. The van der Waals surface area contributed by atoms with Gasteiger partial charge in [-0.1, -0.05) is 23.4 Å². The summed E-state index contributed by atoms with van der Waals surface area (Å²) in [7, 11) is 0. The fourth-order valence-corrected chi connectivity index (χ4v) is 1.93. The summed E-state index contributed by atoms with van der Waals surface area (Å²) in [6.07, 6.45) is 1.05. The van der Waals surface area contributed by atoms with E-state index >= 15 is 0 Å². The second-order valence-corrected chi connectivity index (χ2v) is 5.35. The number of aryl methyl sites for hydroxylation is 1. The van der Waals surface area contributed by atoms with Crippen LogP contribution in [0.25, 0.3) is 0 Å². The highest BCUT2D eigenvalue weighted by atomic mass is 32.1. The third-order valence-electron chi connectivity index (χ3n) is 3.11. The first-order valence-electron chi connectivity index (χ1n) is 6.97. The van der Waals surface area contributed by atoms with Crippen molar-refractivity contribution >= 4 is 34.9 Å². The second-order valence-electron chi connectivity index (χ2n) is 4.27. The van der Waals surface area contributed by atoms with Gasteiger partial charge < -0.3 is 35.1 Å². The van der Waals surface area contributed by atoms with Gasteiger partial charge in [0.15, 0.2) is 0 Å². The van der Waals surface area contributed by atoms with Gasteiger partial charge in [-0.15, -0.1) is 0 Å². The van der Waals surface area contributed by atoms with Crippen LogP contribution in [0.5, 0.6) is 0 Å². The number of rotatable bonds is 5. The van der Waals surface area contributed by atoms with E-state index in [1.807, 2.05) is 12.1 Å². The molecule has 0 aliphatic rings. The van der Waals surface area contributed by atoms with E-state index in [1.54, 1.807) is 4.90 Å². The standard InChI is InChI=1S/C9H11NS2.C6H15N/c1-2-7-3-5-8(6-4-7)10-9(11)12;1-4-7(5-2)6-3/h3-6H,2H2,1H3,(H2,10,11,12);4-6H2,1-3H3. The lowest BCUT2D eigenvalue weighted by Crippen LogP contribution is -3.11. The Labute approximate surface area is 129 Å². The maximum absolute atomic E-state index is 4.74. The normalized spacial score (nSPS) is 9.74. The Kier molecular flexibility index (Phi) is 10.7. The van der Waals surface area contributed by atoms with Gasteiger partial charge in [0.25, 0.3) is 0 Å². The molecular weight excluding hydrogens is 272 g/mol. The molecule has 1 aromatic rings. The van der Waals surface area contributed by atoms with Crippen LogP contribution in [0.15, 0.2) is 24.3 Å². The Morgan fingerprint density at radius 2 is 1.53 bits per heavy atom. The van der Waals surface area contributed by atoms with E-state index in [9.17, 15) is 0 Å². The topological polar surface area (TPSA) is 16.5 Å². The molecule has 0 atom stereocenters. The molecule has 0 saturated carbocycles. The number of hydrogen-bond donors (Lipinski definition) is 2. The van der Waals surface area contributed by atoms with Gasteiger partial charge in [0.1, 0.15) is 0 Å². The fraction of sp³-hybridized carbons (Fsp3) is 0.533. The van der Waals surface area contributed by atoms with E-state index in [0.717, 1.165) is 12.1 Å². The van der Waals surface area contributed by atoms with Gasteiger partial charge in [0.2, 0.25) is 0 Å². The maximum atomic E-state index is 4.74. The quantitative estimate of drug-likeness (QED) is 0.642. The number of quaternary nitrogens is 1. The highest BCUT2D eigenvalue weighted by molar-refractivity contribution is 8.00. The molecule has 19 heavy (non-hydrogen) atoms. The van der Waals surface area contributed by atoms with Gasteiger partial charge in [-0.2, -0.15) is 0 Å². The zero-order valence-corrected chi connectivity index (χ0v) is 14.1. The lowest BCUT2D eigenvalue weighted by Gasteiger charge is -2.10. The van der Waals surface area contributed by atoms with Crippen molar-refractivity contribution in [3.05, 3.63) is 29.8 Å². The average Bonchev–Trinajstić information content (AvgIpc) is 2.42. The first kappa shape index (κ1) is 18.3. The smallest absolute Gasteiger partial charge is 0.0742 e. The van der Waals surface area contributed by atoms with E-state index in [0.29, 0.717) is 4.32 Å². The molecule has 0 unspecified atom stereocenters. The van der Waals surface area contributed by atoms with Crippen LogP contribution in [-0.2, 0) is 19.0 Å². The molecule has 1 rings (SSSR count). The number of benzene rings is 1. The van der Waals surface area contributed by atoms with Gasteiger partial charge in [-0.25, -0.2) is 0 Å². The SMILES string of the molecule is CC[NH+](CC)CC.CCc1ccc(NC(=S)[S-])cc1. The first-order chi connectivity index (χ1) is 9.07. The molecular formula is C15H26N2S2. The van der Waals surface area contributed by atoms with E-state index in [2.05, 4.69) is 45.1 Å². The molecule has 0 aliphatic carbocycles. The van der Waals surface area contributed by atoms with E-state index in [1.165, 1.54) is 25.2 Å². The number of nitrogens with one attached hydrogen (secondary N) is 2. The molecule has 0 fully saturated rings. The summed E-state index contributed by atoms with van der Waals surface area (Å²) in [5.41, 5.74) is 2.28. The molecule has 0 heterocycles. The van der Waals surface area contributed by atoms with Crippen molar-refractivity contribution in [3.63, 3.8) is 0 Å². The molecule has 0 aliphatic heterocycles. The van der Waals surface area contributed by atoms with Crippen LogP contribution in [0.4, 0.5) is 5.69 Å². The summed E-state index contributed by atoms with van der Waals surface area (Å²) in [6.45, 7) is 12.6. The molecule has 2 nitrogen and oxygen atoms in total. The van der Waals surface area contributed by atoms with Crippen molar-refractivity contribution in [2.24, 2.45) is 0 Å². The summed E-state index contributed by atoms with van der Waals surface area (Å²) < 4.78 is 0.388. The monoisotopic (exact) mass is 298 g/mol. The van der Waals surface area contributed by atoms with E-state index < -0.39 is 0 Å². The molecule has 0 saturated heterocycles. The molecule has 0 aromatic heterocycles. The minimum atomic E-state index is 0.388. The molecule has 0 spiro atoms. The number of thiocarbonyl (C=S) groups is 1. The van der Waals surface area contributed by atoms with Gasteiger partial charge >= 0.3 is 0 Å². The Balaban J connectivity index is 0.000000399. The third kappa shape index (κ3) is 8.92. The zero-order chi connectivity index (χ0) is 14.7. The average molecular weight is 299 g/mol. The van der Waals surface area contributed by atoms with Crippen molar-refractivity contribution in [1.29, 1.82) is 0 Å². The van der Waals surface area contributed by atoms with Crippen molar-refractivity contribution in [3.8, 4) is 0 Å². The van der Waals surface area contributed by atoms with Gasteiger partial charge in [-0.05, 0) is 44.9 Å². The lowest BCUT2D eigenvalue weighted by molar-refractivity contribution is -0.894. The minimum Gasteiger partial charge on any atom is -0.411 e. The minimum absolute atomic E-state index is 0.388. The van der Waals surface area contributed by atoms with Gasteiger partial charge in [-0.3, -0.25) is 0 Å². The Bertz CT molecular complexity index is 340. The Morgan fingerprint density at radius 1 is 1.05 bits per heavy atom. The molecule has 0 bridgehead atoms. The van der Waals surface area contributed by atoms with Crippen molar-refractivity contribution in [2.45, 2.75) is 34.1 Å². The first-order valence-corrected chi connectivity index (χ1v) is 7.79. The summed E-state index contributed by atoms with van der Waals surface area (Å²) in [5.74, 6) is 0. The maximum Gasteiger partial charge on any atom is 0.0742 e. The second kappa shape index (κ2) is 11.1. The third-order valence-corrected chi connectivity index (χ3v) is 3.31. The molecule has 2 N–H and O–H groups in total. The molecule has 0 amide bonds.